The van der Waals surface area contributed by atoms with Crippen molar-refractivity contribution in [3.63, 3.8) is 0 Å². The maximum Gasteiger partial charge on any atom is 0.432 e. The Morgan fingerprint density at radius 1 is 1.58 bits per heavy atom. The van der Waals surface area contributed by atoms with E-state index in [-0.39, 0.29) is 6.61 Å². The van der Waals surface area contributed by atoms with Gasteiger partial charge in [0.15, 0.2) is 0 Å². The zero-order valence-electron chi connectivity index (χ0n) is 5.76. The highest BCUT2D eigenvalue weighted by atomic mass is 19.4. The molecule has 1 aliphatic heterocycles. The normalized spacial score (nSPS) is 29.2. The highest BCUT2D eigenvalue weighted by molar-refractivity contribution is 5.82. The van der Waals surface area contributed by atoms with Crippen LogP contribution in [0.5, 0.6) is 0 Å². The molecule has 0 amide bonds. The molecule has 0 aromatic heterocycles. The van der Waals surface area contributed by atoms with Crippen LogP contribution in [0.1, 0.15) is 0 Å². The van der Waals surface area contributed by atoms with E-state index in [0.717, 1.165) is 6.08 Å². The Hall–Kier alpha value is -1.04. The van der Waals surface area contributed by atoms with Crippen molar-refractivity contribution < 1.29 is 27.8 Å². The summed E-state index contributed by atoms with van der Waals surface area (Å²) in [5.41, 5.74) is -3.13. The Bertz CT molecular complexity index is 233. The van der Waals surface area contributed by atoms with E-state index < -0.39 is 17.7 Å². The van der Waals surface area contributed by atoms with Crippen molar-refractivity contribution in [1.29, 1.82) is 0 Å². The molecule has 1 N–H and O–H groups in total. The molecule has 0 bridgehead atoms. The maximum absolute atomic E-state index is 12.1. The third-order valence-electron chi connectivity index (χ3n) is 1.50. The average Bonchev–Trinajstić information content (AvgIpc) is 2.31. The van der Waals surface area contributed by atoms with Crippen LogP contribution in [0.3, 0.4) is 0 Å². The average molecular weight is 182 g/mol. The fraction of sp³-hybridized carbons (Fsp3) is 0.500. The first-order chi connectivity index (χ1) is 5.40. The van der Waals surface area contributed by atoms with Gasteiger partial charge in [-0.3, -0.25) is 0 Å². The SMILES string of the molecule is O=C(O)C1(C(F)(F)F)C=CCO1. The molecule has 0 saturated carbocycles. The summed E-state index contributed by atoms with van der Waals surface area (Å²) in [4.78, 5) is 10.3. The number of alkyl halides is 3. The molecule has 6 heteroatoms. The highest BCUT2D eigenvalue weighted by Crippen LogP contribution is 2.37. The lowest BCUT2D eigenvalue weighted by atomic mass is 10.1. The smallest absolute Gasteiger partial charge is 0.432 e. The molecule has 12 heavy (non-hydrogen) atoms. The van der Waals surface area contributed by atoms with Crippen molar-refractivity contribution in [2.45, 2.75) is 11.8 Å². The van der Waals surface area contributed by atoms with Gasteiger partial charge in [0.2, 0.25) is 0 Å². The lowest BCUT2D eigenvalue weighted by Crippen LogP contribution is -2.50. The van der Waals surface area contributed by atoms with Crippen molar-refractivity contribution in [3.8, 4) is 0 Å². The molecule has 0 aromatic rings. The van der Waals surface area contributed by atoms with E-state index in [1.807, 2.05) is 0 Å². The molecule has 0 saturated heterocycles. The number of aliphatic carboxylic acids is 1. The first-order valence-corrected chi connectivity index (χ1v) is 3.02. The van der Waals surface area contributed by atoms with E-state index in [1.54, 1.807) is 0 Å². The molecule has 1 atom stereocenters. The van der Waals surface area contributed by atoms with Gasteiger partial charge in [0, 0.05) is 0 Å². The Morgan fingerprint density at radius 2 is 2.17 bits per heavy atom. The molecule has 1 aliphatic rings. The maximum atomic E-state index is 12.1. The quantitative estimate of drug-likeness (QED) is 0.614. The minimum atomic E-state index is -4.91. The van der Waals surface area contributed by atoms with Gasteiger partial charge in [0.05, 0.1) is 6.61 Å². The summed E-state index contributed by atoms with van der Waals surface area (Å²) in [6.07, 6.45) is -3.37. The minimum Gasteiger partial charge on any atom is -0.479 e. The predicted molar refractivity (Wildman–Crippen MR) is 31.5 cm³/mol. The second-order valence-corrected chi connectivity index (χ2v) is 2.25. The van der Waals surface area contributed by atoms with Gasteiger partial charge in [0.25, 0.3) is 5.60 Å². The first kappa shape index (κ1) is 9.05. The van der Waals surface area contributed by atoms with Crippen LogP contribution in [0, 0.1) is 0 Å². The predicted octanol–water partition coefficient (Wildman–Crippen LogP) is 0.959. The molecule has 3 nitrogen and oxygen atoms in total. The number of rotatable bonds is 1. The summed E-state index contributed by atoms with van der Waals surface area (Å²) >= 11 is 0. The monoisotopic (exact) mass is 182 g/mol. The van der Waals surface area contributed by atoms with Crippen molar-refractivity contribution >= 4 is 5.97 Å². The fourth-order valence-electron chi connectivity index (χ4n) is 0.872. The first-order valence-electron chi connectivity index (χ1n) is 3.02. The van der Waals surface area contributed by atoms with E-state index in [0.29, 0.717) is 6.08 Å². The topological polar surface area (TPSA) is 46.5 Å². The van der Waals surface area contributed by atoms with E-state index in [2.05, 4.69) is 4.74 Å². The van der Waals surface area contributed by atoms with Gasteiger partial charge in [-0.25, -0.2) is 4.79 Å². The van der Waals surface area contributed by atoms with Gasteiger partial charge in [-0.05, 0) is 6.08 Å². The Labute approximate surface area is 65.4 Å². The standard InChI is InChI=1S/C6H5F3O3/c7-6(8,9)5(4(10)11)2-1-3-12-5/h1-2H,3H2,(H,10,11). The number of carboxylic acid groups (broad SMARTS) is 1. The highest BCUT2D eigenvalue weighted by Gasteiger charge is 2.62. The Morgan fingerprint density at radius 3 is 2.33 bits per heavy atom. The molecule has 0 radical (unpaired) electrons. The summed E-state index contributed by atoms with van der Waals surface area (Å²) in [6.45, 7) is -0.328. The number of carbonyl (C=O) groups is 1. The minimum absolute atomic E-state index is 0.328. The van der Waals surface area contributed by atoms with Crippen LogP contribution in [0.2, 0.25) is 0 Å². The fourth-order valence-corrected chi connectivity index (χ4v) is 0.872. The lowest BCUT2D eigenvalue weighted by molar-refractivity contribution is -0.250. The Balaban J connectivity index is 3.04. The number of carboxylic acids is 1. The molecular weight excluding hydrogens is 177 g/mol. The van der Waals surface area contributed by atoms with Gasteiger partial charge in [-0.15, -0.1) is 0 Å². The van der Waals surface area contributed by atoms with E-state index in [4.69, 9.17) is 5.11 Å². The van der Waals surface area contributed by atoms with Crippen LogP contribution in [0.4, 0.5) is 13.2 Å². The van der Waals surface area contributed by atoms with Crippen LogP contribution in [0.15, 0.2) is 12.2 Å². The van der Waals surface area contributed by atoms with Gasteiger partial charge < -0.3 is 9.84 Å². The van der Waals surface area contributed by atoms with E-state index in [9.17, 15) is 18.0 Å². The van der Waals surface area contributed by atoms with Crippen LogP contribution in [-0.4, -0.2) is 29.5 Å². The summed E-state index contributed by atoms with van der Waals surface area (Å²) in [7, 11) is 0. The molecule has 0 fully saturated rings. The van der Waals surface area contributed by atoms with Crippen molar-refractivity contribution in [1.82, 2.24) is 0 Å². The molecule has 1 heterocycles. The third kappa shape index (κ3) is 1.08. The Kier molecular flexibility index (Phi) is 1.87. The van der Waals surface area contributed by atoms with Crippen LogP contribution in [-0.2, 0) is 9.53 Å². The van der Waals surface area contributed by atoms with Gasteiger partial charge in [0.1, 0.15) is 0 Å². The number of hydrogen-bond donors (Lipinski definition) is 1. The summed E-state index contributed by atoms with van der Waals surface area (Å²) in [6, 6.07) is 0. The molecule has 0 spiro atoms. The van der Waals surface area contributed by atoms with Gasteiger partial charge in [-0.1, -0.05) is 6.08 Å². The molecule has 0 aromatic carbocycles. The second kappa shape index (κ2) is 2.48. The second-order valence-electron chi connectivity index (χ2n) is 2.25. The zero-order chi connectivity index (χ0) is 9.41. The van der Waals surface area contributed by atoms with Crippen molar-refractivity contribution in [2.75, 3.05) is 6.61 Å². The van der Waals surface area contributed by atoms with Crippen molar-refractivity contribution in [3.05, 3.63) is 12.2 Å². The lowest BCUT2D eigenvalue weighted by Gasteiger charge is -2.24. The third-order valence-corrected chi connectivity index (χ3v) is 1.50. The summed E-state index contributed by atoms with van der Waals surface area (Å²) in [5.74, 6) is -2.04. The molecular formula is C6H5F3O3. The van der Waals surface area contributed by atoms with Crippen LogP contribution >= 0.6 is 0 Å². The van der Waals surface area contributed by atoms with Gasteiger partial charge in [-0.2, -0.15) is 13.2 Å². The van der Waals surface area contributed by atoms with Crippen LogP contribution in [0.25, 0.3) is 0 Å². The van der Waals surface area contributed by atoms with Gasteiger partial charge >= 0.3 is 12.1 Å². The molecule has 68 valence electrons. The van der Waals surface area contributed by atoms with Crippen LogP contribution < -0.4 is 0 Å². The summed E-state index contributed by atoms with van der Waals surface area (Å²) < 4.78 is 40.5. The number of hydrogen-bond acceptors (Lipinski definition) is 2. The zero-order valence-corrected chi connectivity index (χ0v) is 5.76. The molecule has 1 rings (SSSR count). The molecule has 1 unspecified atom stereocenters. The summed E-state index contributed by atoms with van der Waals surface area (Å²) in [5, 5.41) is 8.30. The van der Waals surface area contributed by atoms with Crippen molar-refractivity contribution in [2.24, 2.45) is 0 Å². The number of halogens is 3. The van der Waals surface area contributed by atoms with E-state index >= 15 is 0 Å². The molecule has 0 aliphatic carbocycles. The largest absolute Gasteiger partial charge is 0.479 e. The van der Waals surface area contributed by atoms with E-state index in [1.165, 1.54) is 0 Å². The number of ether oxygens (including phenoxy) is 1.